The van der Waals surface area contributed by atoms with Crippen molar-refractivity contribution in [3.63, 3.8) is 0 Å². The van der Waals surface area contributed by atoms with Crippen LogP contribution in [0.5, 0.6) is 11.5 Å². The summed E-state index contributed by atoms with van der Waals surface area (Å²) in [6.07, 6.45) is 0. The van der Waals surface area contributed by atoms with Gasteiger partial charge in [0, 0.05) is 11.6 Å². The van der Waals surface area contributed by atoms with Crippen molar-refractivity contribution >= 4 is 11.6 Å². The van der Waals surface area contributed by atoms with Crippen molar-refractivity contribution in [2.45, 2.75) is 20.4 Å². The SMILES string of the molecule is CCNCc1ccc(Oc2ccc(Cl)c(C)c2)c(C#N)c1. The summed E-state index contributed by atoms with van der Waals surface area (Å²) in [5.74, 6) is 1.23. The molecule has 0 aliphatic heterocycles. The van der Waals surface area contributed by atoms with Gasteiger partial charge in [-0.2, -0.15) is 5.26 Å². The van der Waals surface area contributed by atoms with Crippen molar-refractivity contribution in [2.24, 2.45) is 0 Å². The van der Waals surface area contributed by atoms with Gasteiger partial charge in [0.05, 0.1) is 5.56 Å². The molecule has 4 heteroatoms. The zero-order valence-corrected chi connectivity index (χ0v) is 12.9. The van der Waals surface area contributed by atoms with E-state index in [0.29, 0.717) is 22.1 Å². The Bertz CT molecular complexity index is 677. The summed E-state index contributed by atoms with van der Waals surface area (Å²) in [6, 6.07) is 13.3. The Hall–Kier alpha value is -2.02. The van der Waals surface area contributed by atoms with Gasteiger partial charge < -0.3 is 10.1 Å². The third-order valence-electron chi connectivity index (χ3n) is 3.10. The molecule has 2 aromatic rings. The Morgan fingerprint density at radius 2 is 2.05 bits per heavy atom. The quantitative estimate of drug-likeness (QED) is 0.889. The van der Waals surface area contributed by atoms with E-state index >= 15 is 0 Å². The van der Waals surface area contributed by atoms with Gasteiger partial charge in [-0.3, -0.25) is 0 Å². The van der Waals surface area contributed by atoms with Gasteiger partial charge in [-0.05, 0) is 54.9 Å². The second-order valence-corrected chi connectivity index (χ2v) is 5.14. The minimum atomic E-state index is 0.526. The minimum absolute atomic E-state index is 0.526. The molecule has 0 aromatic heterocycles. The van der Waals surface area contributed by atoms with E-state index < -0.39 is 0 Å². The summed E-state index contributed by atoms with van der Waals surface area (Å²) in [7, 11) is 0. The molecule has 0 spiro atoms. The Morgan fingerprint density at radius 1 is 1.24 bits per heavy atom. The number of hydrogen-bond acceptors (Lipinski definition) is 3. The second-order valence-electron chi connectivity index (χ2n) is 4.74. The first kappa shape index (κ1) is 15.4. The maximum absolute atomic E-state index is 9.27. The summed E-state index contributed by atoms with van der Waals surface area (Å²) in [6.45, 7) is 5.60. The molecule has 0 aliphatic rings. The highest BCUT2D eigenvalue weighted by molar-refractivity contribution is 6.31. The molecular formula is C17H17ClN2O. The van der Waals surface area contributed by atoms with Crippen LogP contribution in [0.4, 0.5) is 0 Å². The highest BCUT2D eigenvalue weighted by Gasteiger charge is 2.07. The monoisotopic (exact) mass is 300 g/mol. The van der Waals surface area contributed by atoms with Gasteiger partial charge >= 0.3 is 0 Å². The number of rotatable bonds is 5. The Kier molecular flexibility index (Phi) is 5.21. The van der Waals surface area contributed by atoms with Crippen LogP contribution >= 0.6 is 11.6 Å². The number of halogens is 1. The minimum Gasteiger partial charge on any atom is -0.456 e. The van der Waals surface area contributed by atoms with E-state index in [9.17, 15) is 5.26 Å². The molecule has 2 rings (SSSR count). The Balaban J connectivity index is 2.23. The number of aryl methyl sites for hydroxylation is 1. The molecule has 0 amide bonds. The molecule has 2 aromatic carbocycles. The van der Waals surface area contributed by atoms with Crippen molar-refractivity contribution in [3.05, 3.63) is 58.1 Å². The van der Waals surface area contributed by atoms with Crippen LogP contribution in [0, 0.1) is 18.3 Å². The van der Waals surface area contributed by atoms with E-state index in [1.165, 1.54) is 0 Å². The van der Waals surface area contributed by atoms with Crippen LogP contribution in [0.15, 0.2) is 36.4 Å². The lowest BCUT2D eigenvalue weighted by molar-refractivity contribution is 0.480. The highest BCUT2D eigenvalue weighted by atomic mass is 35.5. The molecule has 0 radical (unpaired) electrons. The second kappa shape index (κ2) is 7.12. The zero-order chi connectivity index (χ0) is 15.2. The van der Waals surface area contributed by atoms with Crippen LogP contribution in [0.1, 0.15) is 23.6 Å². The molecule has 0 heterocycles. The molecule has 0 atom stereocenters. The molecule has 0 saturated heterocycles. The maximum Gasteiger partial charge on any atom is 0.145 e. The molecule has 0 saturated carbocycles. The van der Waals surface area contributed by atoms with Gasteiger partial charge in [-0.25, -0.2) is 0 Å². The van der Waals surface area contributed by atoms with E-state index in [1.807, 2.05) is 38.1 Å². The Labute approximate surface area is 130 Å². The lowest BCUT2D eigenvalue weighted by Crippen LogP contribution is -2.11. The maximum atomic E-state index is 9.27. The van der Waals surface area contributed by atoms with Gasteiger partial charge in [0.15, 0.2) is 0 Å². The number of ether oxygens (including phenoxy) is 1. The standard InChI is InChI=1S/C17H17ClN2O/c1-3-20-11-13-4-7-17(14(9-13)10-19)21-15-5-6-16(18)12(2)8-15/h4-9,20H,3,11H2,1-2H3. The fraction of sp³-hybridized carbons (Fsp3) is 0.235. The summed E-state index contributed by atoms with van der Waals surface area (Å²) in [5, 5.41) is 13.2. The van der Waals surface area contributed by atoms with E-state index in [1.54, 1.807) is 12.1 Å². The molecule has 0 fully saturated rings. The average Bonchev–Trinajstić information content (AvgIpc) is 2.50. The van der Waals surface area contributed by atoms with Crippen molar-refractivity contribution in [3.8, 4) is 17.6 Å². The van der Waals surface area contributed by atoms with Crippen LogP contribution in [0.3, 0.4) is 0 Å². The first-order valence-corrected chi connectivity index (χ1v) is 7.19. The highest BCUT2D eigenvalue weighted by Crippen LogP contribution is 2.28. The van der Waals surface area contributed by atoms with E-state index in [-0.39, 0.29) is 0 Å². The average molecular weight is 301 g/mol. The van der Waals surface area contributed by atoms with E-state index in [0.717, 1.165) is 24.2 Å². The lowest BCUT2D eigenvalue weighted by Gasteiger charge is -2.10. The summed E-state index contributed by atoms with van der Waals surface area (Å²) in [5.41, 5.74) is 2.53. The first-order chi connectivity index (χ1) is 10.1. The molecule has 0 unspecified atom stereocenters. The smallest absolute Gasteiger partial charge is 0.145 e. The van der Waals surface area contributed by atoms with E-state index in [2.05, 4.69) is 11.4 Å². The summed E-state index contributed by atoms with van der Waals surface area (Å²) >= 11 is 6.00. The number of nitrogens with one attached hydrogen (secondary N) is 1. The summed E-state index contributed by atoms with van der Waals surface area (Å²) < 4.78 is 5.79. The number of nitrogens with zero attached hydrogens (tertiary/aromatic N) is 1. The van der Waals surface area contributed by atoms with E-state index in [4.69, 9.17) is 16.3 Å². The largest absolute Gasteiger partial charge is 0.456 e. The van der Waals surface area contributed by atoms with Crippen LogP contribution in [0.25, 0.3) is 0 Å². The molecule has 0 aliphatic carbocycles. The fourth-order valence-electron chi connectivity index (χ4n) is 1.94. The third kappa shape index (κ3) is 3.98. The molecule has 0 bridgehead atoms. The number of nitriles is 1. The van der Waals surface area contributed by atoms with Gasteiger partial charge in [-0.1, -0.05) is 24.6 Å². The summed E-state index contributed by atoms with van der Waals surface area (Å²) in [4.78, 5) is 0. The van der Waals surface area contributed by atoms with Crippen LogP contribution in [-0.4, -0.2) is 6.54 Å². The first-order valence-electron chi connectivity index (χ1n) is 6.81. The molecule has 108 valence electrons. The van der Waals surface area contributed by atoms with Crippen LogP contribution < -0.4 is 10.1 Å². The molecular weight excluding hydrogens is 284 g/mol. The molecule has 1 N–H and O–H groups in total. The lowest BCUT2D eigenvalue weighted by atomic mass is 10.1. The third-order valence-corrected chi connectivity index (χ3v) is 3.52. The number of benzene rings is 2. The number of hydrogen-bond donors (Lipinski definition) is 1. The van der Waals surface area contributed by atoms with Gasteiger partial charge in [0.25, 0.3) is 0 Å². The van der Waals surface area contributed by atoms with Crippen LogP contribution in [0.2, 0.25) is 5.02 Å². The fourth-order valence-corrected chi connectivity index (χ4v) is 2.06. The Morgan fingerprint density at radius 3 is 2.71 bits per heavy atom. The van der Waals surface area contributed by atoms with Crippen molar-refractivity contribution in [1.82, 2.24) is 5.32 Å². The van der Waals surface area contributed by atoms with Crippen molar-refractivity contribution in [2.75, 3.05) is 6.54 Å². The topological polar surface area (TPSA) is 45.0 Å². The van der Waals surface area contributed by atoms with Crippen molar-refractivity contribution < 1.29 is 4.74 Å². The van der Waals surface area contributed by atoms with Gasteiger partial charge in [0.2, 0.25) is 0 Å². The molecule has 21 heavy (non-hydrogen) atoms. The predicted molar refractivity (Wildman–Crippen MR) is 84.8 cm³/mol. The van der Waals surface area contributed by atoms with Crippen LogP contribution in [-0.2, 0) is 6.54 Å². The zero-order valence-electron chi connectivity index (χ0n) is 12.1. The van der Waals surface area contributed by atoms with Gasteiger partial charge in [0.1, 0.15) is 17.6 Å². The normalized spacial score (nSPS) is 10.2. The predicted octanol–water partition coefficient (Wildman–Crippen LogP) is 4.42. The molecule has 3 nitrogen and oxygen atoms in total. The van der Waals surface area contributed by atoms with Gasteiger partial charge in [-0.15, -0.1) is 0 Å². The van der Waals surface area contributed by atoms with Crippen molar-refractivity contribution in [1.29, 1.82) is 5.26 Å².